The third-order valence-corrected chi connectivity index (χ3v) is 0.954. The van der Waals surface area contributed by atoms with Crippen LogP contribution in [-0.2, 0) is 0 Å². The first-order valence-electron chi connectivity index (χ1n) is 2.69. The van der Waals surface area contributed by atoms with Crippen molar-refractivity contribution in [3.63, 3.8) is 0 Å². The fourth-order valence-electron chi connectivity index (χ4n) is 0.222. The number of rotatable bonds is 2. The number of thiol groups is 1. The largest absolute Gasteiger partial charge is 0.296 e. The van der Waals surface area contributed by atoms with Gasteiger partial charge < -0.3 is 0 Å². The number of nitrogens with one attached hydrogen (secondary N) is 1. The van der Waals surface area contributed by atoms with E-state index in [0.29, 0.717) is 0 Å². The molecule has 4 heteroatoms. The number of nitrogens with zero attached hydrogens (tertiary/aromatic N) is 1. The molecule has 1 amide bonds. The number of carbonyl (C=O) groups is 1. The van der Waals surface area contributed by atoms with Gasteiger partial charge in [-0.05, 0) is 13.3 Å². The topological polar surface area (TPSA) is 41.5 Å². The minimum atomic E-state index is -0.428. The van der Waals surface area contributed by atoms with Crippen LogP contribution in [0.15, 0.2) is 5.10 Å². The number of hydrogen-bond acceptors (Lipinski definition) is 2. The summed E-state index contributed by atoms with van der Waals surface area (Å²) in [5.74, 6) is 0. The second-order valence-electron chi connectivity index (χ2n) is 1.62. The van der Waals surface area contributed by atoms with Crippen LogP contribution < -0.4 is 5.43 Å². The Morgan fingerprint density at radius 1 is 1.78 bits per heavy atom. The molecule has 0 atom stereocenters. The van der Waals surface area contributed by atoms with Crippen LogP contribution in [-0.4, -0.2) is 11.0 Å². The molecule has 0 aliphatic carbocycles. The van der Waals surface area contributed by atoms with Gasteiger partial charge >= 0.3 is 0 Å². The van der Waals surface area contributed by atoms with Crippen molar-refractivity contribution in [2.45, 2.75) is 20.3 Å². The third-order valence-electron chi connectivity index (χ3n) is 0.854. The average molecular weight is 146 g/mol. The van der Waals surface area contributed by atoms with Crippen LogP contribution in [0.1, 0.15) is 20.3 Å². The van der Waals surface area contributed by atoms with Gasteiger partial charge in [-0.25, -0.2) is 5.43 Å². The molecular formula is C5H10N2OS. The SMILES string of the molecule is CC/C(C)=N/NC(=O)S. The molecule has 1 N–H and O–H groups in total. The highest BCUT2D eigenvalue weighted by Crippen LogP contribution is 1.82. The minimum Gasteiger partial charge on any atom is -0.260 e. The number of hydrazone groups is 1. The Morgan fingerprint density at radius 3 is 2.67 bits per heavy atom. The molecule has 3 nitrogen and oxygen atoms in total. The normalized spacial score (nSPS) is 11.2. The van der Waals surface area contributed by atoms with Crippen LogP contribution in [0.4, 0.5) is 4.79 Å². The van der Waals surface area contributed by atoms with Crippen LogP contribution in [0.3, 0.4) is 0 Å². The van der Waals surface area contributed by atoms with Crippen LogP contribution >= 0.6 is 12.6 Å². The molecule has 0 bridgehead atoms. The lowest BCUT2D eigenvalue weighted by molar-refractivity contribution is 0.261. The molecule has 0 heterocycles. The highest BCUT2D eigenvalue weighted by Gasteiger charge is 1.87. The first-order valence-corrected chi connectivity index (χ1v) is 3.13. The lowest BCUT2D eigenvalue weighted by atomic mass is 10.3. The van der Waals surface area contributed by atoms with E-state index in [2.05, 4.69) is 23.2 Å². The smallest absolute Gasteiger partial charge is 0.260 e. The standard InChI is InChI=1S/C5H10N2OS/c1-3-4(2)6-7-5(8)9/h3H2,1-2H3,(H2,7,8,9)/b6-4+. The molecule has 0 radical (unpaired) electrons. The van der Waals surface area contributed by atoms with Gasteiger partial charge in [0.25, 0.3) is 5.24 Å². The van der Waals surface area contributed by atoms with Crippen LogP contribution in [0.2, 0.25) is 0 Å². The summed E-state index contributed by atoms with van der Waals surface area (Å²) in [5.41, 5.74) is 3.10. The van der Waals surface area contributed by atoms with E-state index in [9.17, 15) is 4.79 Å². The highest BCUT2D eigenvalue weighted by molar-refractivity contribution is 7.96. The maximum absolute atomic E-state index is 10.1. The van der Waals surface area contributed by atoms with Crippen LogP contribution in [0, 0.1) is 0 Å². The summed E-state index contributed by atoms with van der Waals surface area (Å²) in [6.07, 6.45) is 0.841. The van der Waals surface area contributed by atoms with Gasteiger partial charge in [-0.1, -0.05) is 19.6 Å². The summed E-state index contributed by atoms with van der Waals surface area (Å²) in [4.78, 5) is 10.1. The molecule has 0 rings (SSSR count). The zero-order valence-electron chi connectivity index (χ0n) is 5.51. The van der Waals surface area contributed by atoms with Gasteiger partial charge in [0.1, 0.15) is 0 Å². The van der Waals surface area contributed by atoms with E-state index in [1.54, 1.807) is 0 Å². The van der Waals surface area contributed by atoms with Crippen molar-refractivity contribution >= 4 is 23.6 Å². The lowest BCUT2D eigenvalue weighted by Gasteiger charge is -1.93. The van der Waals surface area contributed by atoms with Crippen molar-refractivity contribution in [1.82, 2.24) is 5.43 Å². The molecule has 0 aliphatic heterocycles. The van der Waals surface area contributed by atoms with Crippen molar-refractivity contribution in [3.8, 4) is 0 Å². The molecule has 0 aromatic carbocycles. The van der Waals surface area contributed by atoms with Crippen molar-refractivity contribution < 1.29 is 4.79 Å². The van der Waals surface area contributed by atoms with E-state index in [1.165, 1.54) is 0 Å². The molecule has 0 aliphatic rings. The highest BCUT2D eigenvalue weighted by atomic mass is 32.1. The molecule has 0 unspecified atom stereocenters. The van der Waals surface area contributed by atoms with Crippen molar-refractivity contribution in [3.05, 3.63) is 0 Å². The van der Waals surface area contributed by atoms with Gasteiger partial charge in [-0.2, -0.15) is 5.10 Å². The van der Waals surface area contributed by atoms with Crippen molar-refractivity contribution in [1.29, 1.82) is 0 Å². The maximum atomic E-state index is 10.1. The van der Waals surface area contributed by atoms with Crippen LogP contribution in [0.5, 0.6) is 0 Å². The first-order chi connectivity index (χ1) is 4.16. The molecule has 0 saturated heterocycles. The van der Waals surface area contributed by atoms with Gasteiger partial charge in [0, 0.05) is 5.71 Å². The van der Waals surface area contributed by atoms with E-state index in [4.69, 9.17) is 0 Å². The third kappa shape index (κ3) is 5.36. The summed E-state index contributed by atoms with van der Waals surface area (Å²) in [6.45, 7) is 3.80. The summed E-state index contributed by atoms with van der Waals surface area (Å²) < 4.78 is 0. The number of hydrogen-bond donors (Lipinski definition) is 2. The predicted octanol–water partition coefficient (Wildman–Crippen LogP) is 1.41. The Kier molecular flexibility index (Phi) is 4.13. The summed E-state index contributed by atoms with van der Waals surface area (Å²) in [6, 6.07) is 0. The fourth-order valence-corrected chi connectivity index (χ4v) is 0.272. The molecule has 9 heavy (non-hydrogen) atoms. The zero-order valence-corrected chi connectivity index (χ0v) is 6.40. The maximum Gasteiger partial charge on any atom is 0.296 e. The summed E-state index contributed by atoms with van der Waals surface area (Å²) in [5, 5.41) is 3.25. The predicted molar refractivity (Wildman–Crippen MR) is 40.9 cm³/mol. The number of carbonyl (C=O) groups excluding carboxylic acids is 1. The zero-order chi connectivity index (χ0) is 7.28. The van der Waals surface area contributed by atoms with E-state index in [-0.39, 0.29) is 0 Å². The second kappa shape index (κ2) is 4.38. The molecule has 0 aromatic heterocycles. The first kappa shape index (κ1) is 8.49. The van der Waals surface area contributed by atoms with E-state index >= 15 is 0 Å². The Balaban J connectivity index is 3.56. The van der Waals surface area contributed by atoms with Gasteiger partial charge in [-0.3, -0.25) is 4.79 Å². The fraction of sp³-hybridized carbons (Fsp3) is 0.600. The van der Waals surface area contributed by atoms with Crippen LogP contribution in [0.25, 0.3) is 0 Å². The van der Waals surface area contributed by atoms with E-state index in [0.717, 1.165) is 12.1 Å². The van der Waals surface area contributed by atoms with Gasteiger partial charge in [0.2, 0.25) is 0 Å². The Labute approximate surface area is 59.9 Å². The van der Waals surface area contributed by atoms with E-state index < -0.39 is 5.24 Å². The Morgan fingerprint density at radius 2 is 2.33 bits per heavy atom. The van der Waals surface area contributed by atoms with E-state index in [1.807, 2.05) is 13.8 Å². The Hall–Kier alpha value is -0.510. The van der Waals surface area contributed by atoms with Gasteiger partial charge in [0.05, 0.1) is 0 Å². The molecule has 0 saturated carbocycles. The molecular weight excluding hydrogens is 136 g/mol. The molecule has 0 spiro atoms. The van der Waals surface area contributed by atoms with Crippen molar-refractivity contribution in [2.75, 3.05) is 0 Å². The van der Waals surface area contributed by atoms with Crippen molar-refractivity contribution in [2.24, 2.45) is 5.10 Å². The number of amides is 1. The van der Waals surface area contributed by atoms with Gasteiger partial charge in [0.15, 0.2) is 0 Å². The molecule has 52 valence electrons. The molecule has 0 fully saturated rings. The summed E-state index contributed by atoms with van der Waals surface area (Å²) >= 11 is 3.45. The summed E-state index contributed by atoms with van der Waals surface area (Å²) in [7, 11) is 0. The quantitative estimate of drug-likeness (QED) is 0.345. The molecule has 0 aromatic rings. The van der Waals surface area contributed by atoms with Gasteiger partial charge in [-0.15, -0.1) is 0 Å². The lowest BCUT2D eigenvalue weighted by Crippen LogP contribution is -2.10. The average Bonchev–Trinajstić information content (AvgIpc) is 1.83. The Bertz CT molecular complexity index is 133. The second-order valence-corrected chi connectivity index (χ2v) is 2.02. The minimum absolute atomic E-state index is 0.428. The monoisotopic (exact) mass is 146 g/mol.